The number of carbonyl (C=O) groups excluding carboxylic acids is 2. The monoisotopic (exact) mass is 276 g/mol. The number of aromatic nitrogens is 1. The summed E-state index contributed by atoms with van der Waals surface area (Å²) in [5.74, 6) is -0.647. The maximum absolute atomic E-state index is 11.5. The molecular weight excluding hydrogens is 264 g/mol. The van der Waals surface area contributed by atoms with Crippen LogP contribution < -0.4 is 10.7 Å². The Morgan fingerprint density at radius 1 is 1.37 bits per heavy atom. The predicted molar refractivity (Wildman–Crippen MR) is 73.2 cm³/mol. The molecule has 19 heavy (non-hydrogen) atoms. The maximum atomic E-state index is 11.5. The third-order valence-electron chi connectivity index (χ3n) is 2.17. The molecule has 0 aromatic carbocycles. The number of hydrazone groups is 1. The Bertz CT molecular complexity index is 561. The van der Waals surface area contributed by atoms with E-state index in [4.69, 9.17) is 0 Å². The molecular formula is C12H12N4O2S. The number of thiophene rings is 1. The molecule has 0 aliphatic carbocycles. The molecule has 0 bridgehead atoms. The van der Waals surface area contributed by atoms with Crippen LogP contribution in [-0.2, 0) is 4.79 Å². The van der Waals surface area contributed by atoms with E-state index in [0.29, 0.717) is 4.88 Å². The van der Waals surface area contributed by atoms with Crippen LogP contribution in [0.1, 0.15) is 15.4 Å². The molecule has 0 fully saturated rings. The second-order valence-electron chi connectivity index (χ2n) is 3.58. The number of carbonyl (C=O) groups is 2. The molecule has 2 aromatic rings. The van der Waals surface area contributed by atoms with Crippen molar-refractivity contribution in [2.45, 2.75) is 0 Å². The van der Waals surface area contributed by atoms with Crippen LogP contribution >= 0.6 is 11.3 Å². The van der Waals surface area contributed by atoms with Crippen molar-refractivity contribution >= 4 is 29.4 Å². The van der Waals surface area contributed by atoms with Crippen LogP contribution in [0.3, 0.4) is 0 Å². The highest BCUT2D eigenvalue weighted by molar-refractivity contribution is 7.12. The lowest BCUT2D eigenvalue weighted by Crippen LogP contribution is -2.34. The first-order valence-electron chi connectivity index (χ1n) is 5.53. The predicted octanol–water partition coefficient (Wildman–Crippen LogP) is 0.956. The van der Waals surface area contributed by atoms with Gasteiger partial charge in [-0.05, 0) is 23.6 Å². The number of H-pyrrole nitrogens is 1. The summed E-state index contributed by atoms with van der Waals surface area (Å²) in [6.07, 6.45) is 3.24. The zero-order valence-corrected chi connectivity index (χ0v) is 10.7. The fraction of sp³-hybridized carbons (Fsp3) is 0.0833. The smallest absolute Gasteiger partial charge is 0.261 e. The van der Waals surface area contributed by atoms with Crippen molar-refractivity contribution < 1.29 is 9.59 Å². The van der Waals surface area contributed by atoms with Gasteiger partial charge in [-0.1, -0.05) is 6.07 Å². The molecule has 0 aliphatic heterocycles. The van der Waals surface area contributed by atoms with E-state index in [1.165, 1.54) is 17.6 Å². The highest BCUT2D eigenvalue weighted by Crippen LogP contribution is 2.07. The normalized spacial score (nSPS) is 10.5. The Morgan fingerprint density at radius 3 is 2.95 bits per heavy atom. The van der Waals surface area contributed by atoms with Crippen LogP contribution in [0.4, 0.5) is 0 Å². The van der Waals surface area contributed by atoms with Gasteiger partial charge in [0.05, 0.1) is 23.3 Å². The summed E-state index contributed by atoms with van der Waals surface area (Å²) >= 11 is 1.32. The number of nitrogens with one attached hydrogen (secondary N) is 3. The zero-order chi connectivity index (χ0) is 13.5. The lowest BCUT2D eigenvalue weighted by Gasteiger charge is -2.01. The minimum Gasteiger partial charge on any atom is -0.360 e. The van der Waals surface area contributed by atoms with Crippen LogP contribution in [0.25, 0.3) is 0 Å². The van der Waals surface area contributed by atoms with Gasteiger partial charge in [-0.15, -0.1) is 11.3 Å². The number of nitrogens with zero attached hydrogens (tertiary/aromatic N) is 1. The van der Waals surface area contributed by atoms with Gasteiger partial charge in [0.25, 0.3) is 11.8 Å². The summed E-state index contributed by atoms with van der Waals surface area (Å²) in [5, 5.41) is 8.06. The largest absolute Gasteiger partial charge is 0.360 e. The first-order chi connectivity index (χ1) is 9.25. The highest BCUT2D eigenvalue weighted by Gasteiger charge is 2.07. The molecule has 0 aliphatic rings. The second kappa shape index (κ2) is 6.50. The van der Waals surface area contributed by atoms with E-state index >= 15 is 0 Å². The molecule has 3 N–H and O–H groups in total. The average molecular weight is 276 g/mol. The average Bonchev–Trinajstić information content (AvgIpc) is 3.08. The Kier molecular flexibility index (Phi) is 4.46. The standard InChI is InChI=1S/C12H12N4O2S/c17-11(16-15-7-9-3-1-5-13-9)8-14-12(18)10-4-2-6-19-10/h1-7,13H,8H2,(H,14,18)(H,16,17)/b15-7-. The Hall–Kier alpha value is -2.41. The Morgan fingerprint density at radius 2 is 2.26 bits per heavy atom. The van der Waals surface area contributed by atoms with Gasteiger partial charge in [0.1, 0.15) is 0 Å². The summed E-state index contributed by atoms with van der Waals surface area (Å²) in [5.41, 5.74) is 3.10. The Balaban J connectivity index is 1.71. The van der Waals surface area contributed by atoms with Crippen LogP contribution in [0.15, 0.2) is 40.9 Å². The quantitative estimate of drug-likeness (QED) is 0.561. The first-order valence-corrected chi connectivity index (χ1v) is 6.40. The Labute approximate surface area is 113 Å². The van der Waals surface area contributed by atoms with Gasteiger partial charge in [0, 0.05) is 6.20 Å². The number of hydrogen-bond acceptors (Lipinski definition) is 4. The van der Waals surface area contributed by atoms with Crippen LogP contribution in [0, 0.1) is 0 Å². The molecule has 0 spiro atoms. The van der Waals surface area contributed by atoms with Crippen molar-refractivity contribution in [3.8, 4) is 0 Å². The summed E-state index contributed by atoms with van der Waals surface area (Å²) in [7, 11) is 0. The molecule has 0 radical (unpaired) electrons. The maximum Gasteiger partial charge on any atom is 0.261 e. The zero-order valence-electron chi connectivity index (χ0n) is 9.92. The minimum absolute atomic E-state index is 0.112. The summed E-state index contributed by atoms with van der Waals surface area (Å²) < 4.78 is 0. The third kappa shape index (κ3) is 4.07. The molecule has 2 aromatic heterocycles. The molecule has 2 rings (SSSR count). The van der Waals surface area contributed by atoms with E-state index in [-0.39, 0.29) is 18.4 Å². The van der Waals surface area contributed by atoms with Gasteiger partial charge in [0.15, 0.2) is 0 Å². The van der Waals surface area contributed by atoms with Gasteiger partial charge >= 0.3 is 0 Å². The molecule has 7 heteroatoms. The summed E-state index contributed by atoms with van der Waals surface area (Å²) in [4.78, 5) is 26.4. The molecule has 2 heterocycles. The first kappa shape index (κ1) is 13.0. The SMILES string of the molecule is O=C(CNC(=O)c1cccs1)N/N=C\c1ccc[nH]1. The number of hydrogen-bond donors (Lipinski definition) is 3. The number of aromatic amines is 1. The fourth-order valence-corrected chi connectivity index (χ4v) is 1.93. The molecule has 2 amide bonds. The van der Waals surface area contributed by atoms with E-state index < -0.39 is 0 Å². The highest BCUT2D eigenvalue weighted by atomic mass is 32.1. The van der Waals surface area contributed by atoms with Gasteiger partial charge in [-0.2, -0.15) is 5.10 Å². The third-order valence-corrected chi connectivity index (χ3v) is 3.04. The van der Waals surface area contributed by atoms with Crippen molar-refractivity contribution in [1.82, 2.24) is 15.7 Å². The van der Waals surface area contributed by atoms with Crippen molar-refractivity contribution in [2.75, 3.05) is 6.54 Å². The van der Waals surface area contributed by atoms with Crippen molar-refractivity contribution in [3.05, 3.63) is 46.4 Å². The van der Waals surface area contributed by atoms with Crippen LogP contribution in [-0.4, -0.2) is 29.6 Å². The van der Waals surface area contributed by atoms with E-state index in [2.05, 4.69) is 20.8 Å². The molecule has 0 saturated heterocycles. The van der Waals surface area contributed by atoms with Crippen molar-refractivity contribution in [3.63, 3.8) is 0 Å². The van der Waals surface area contributed by atoms with Crippen LogP contribution in [0.2, 0.25) is 0 Å². The summed E-state index contributed by atoms with van der Waals surface area (Å²) in [6.45, 7) is -0.112. The van der Waals surface area contributed by atoms with Gasteiger partial charge < -0.3 is 10.3 Å². The van der Waals surface area contributed by atoms with E-state index in [1.807, 2.05) is 12.1 Å². The van der Waals surface area contributed by atoms with Gasteiger partial charge in [-0.25, -0.2) is 5.43 Å². The lowest BCUT2D eigenvalue weighted by atomic mass is 10.4. The second-order valence-corrected chi connectivity index (χ2v) is 4.53. The van der Waals surface area contributed by atoms with Gasteiger partial charge in [0.2, 0.25) is 0 Å². The fourth-order valence-electron chi connectivity index (χ4n) is 1.29. The van der Waals surface area contributed by atoms with E-state index in [0.717, 1.165) is 5.69 Å². The molecule has 0 atom stereocenters. The topological polar surface area (TPSA) is 86.3 Å². The molecule has 0 unspecified atom stereocenters. The molecule has 98 valence electrons. The lowest BCUT2D eigenvalue weighted by molar-refractivity contribution is -0.120. The summed E-state index contributed by atoms with van der Waals surface area (Å²) in [6, 6.07) is 7.11. The van der Waals surface area contributed by atoms with Crippen LogP contribution in [0.5, 0.6) is 0 Å². The number of rotatable bonds is 5. The van der Waals surface area contributed by atoms with E-state index in [1.54, 1.807) is 23.7 Å². The molecule has 0 saturated carbocycles. The number of amides is 2. The van der Waals surface area contributed by atoms with Crippen molar-refractivity contribution in [1.29, 1.82) is 0 Å². The van der Waals surface area contributed by atoms with Crippen molar-refractivity contribution in [2.24, 2.45) is 5.10 Å². The minimum atomic E-state index is -0.382. The van der Waals surface area contributed by atoms with Gasteiger partial charge in [-0.3, -0.25) is 9.59 Å². The molecule has 6 nitrogen and oxygen atoms in total. The van der Waals surface area contributed by atoms with E-state index in [9.17, 15) is 9.59 Å².